The first-order chi connectivity index (χ1) is 3.31. The molecular formula is C4H9IO2. The van der Waals surface area contributed by atoms with Crippen LogP contribution in [0.15, 0.2) is 0 Å². The highest BCUT2D eigenvalue weighted by atomic mass is 127. The Hall–Kier alpha value is 0.650. The van der Waals surface area contributed by atoms with Gasteiger partial charge in [0.05, 0.1) is 6.61 Å². The lowest BCUT2D eigenvalue weighted by Gasteiger charge is -2.02. The van der Waals surface area contributed by atoms with Crippen molar-refractivity contribution in [3.63, 3.8) is 0 Å². The van der Waals surface area contributed by atoms with E-state index in [-0.39, 0.29) is 10.7 Å². The minimum atomic E-state index is -0.0254. The fourth-order valence-electron chi connectivity index (χ4n) is 0.234. The van der Waals surface area contributed by atoms with E-state index in [1.165, 1.54) is 0 Å². The third-order valence-electron chi connectivity index (χ3n) is 0.491. The Labute approximate surface area is 57.0 Å². The van der Waals surface area contributed by atoms with Crippen LogP contribution in [0.5, 0.6) is 0 Å². The van der Waals surface area contributed by atoms with Crippen molar-refractivity contribution in [2.45, 2.75) is 11.0 Å². The number of ether oxygens (including phenoxy) is 1. The number of rotatable bonds is 3. The molecule has 0 aliphatic carbocycles. The van der Waals surface area contributed by atoms with Crippen LogP contribution in [0.3, 0.4) is 0 Å². The van der Waals surface area contributed by atoms with Crippen molar-refractivity contribution in [2.75, 3.05) is 13.2 Å². The van der Waals surface area contributed by atoms with Gasteiger partial charge in [0, 0.05) is 6.61 Å². The fraction of sp³-hybridized carbons (Fsp3) is 1.00. The van der Waals surface area contributed by atoms with Gasteiger partial charge in [-0.1, -0.05) is 0 Å². The number of alkyl halides is 1. The highest BCUT2D eigenvalue weighted by molar-refractivity contribution is 14.1. The normalized spacial score (nSPS) is 14.1. The van der Waals surface area contributed by atoms with Crippen LogP contribution in [0.25, 0.3) is 0 Å². The molecule has 2 nitrogen and oxygen atoms in total. The first-order valence-electron chi connectivity index (χ1n) is 2.17. The second-order valence-electron chi connectivity index (χ2n) is 1.05. The SMILES string of the molecule is CCOC(I)CO. The van der Waals surface area contributed by atoms with Crippen molar-refractivity contribution in [3.05, 3.63) is 0 Å². The lowest BCUT2D eigenvalue weighted by molar-refractivity contribution is 0.0880. The Morgan fingerprint density at radius 3 is 2.57 bits per heavy atom. The molecule has 1 N–H and O–H groups in total. The fourth-order valence-corrected chi connectivity index (χ4v) is 0.593. The van der Waals surface area contributed by atoms with Crippen LogP contribution in [-0.4, -0.2) is 22.4 Å². The summed E-state index contributed by atoms with van der Waals surface area (Å²) in [5.41, 5.74) is 0. The van der Waals surface area contributed by atoms with Crippen LogP contribution in [0.2, 0.25) is 0 Å². The van der Waals surface area contributed by atoms with Gasteiger partial charge >= 0.3 is 0 Å². The molecule has 0 aliphatic heterocycles. The van der Waals surface area contributed by atoms with Crippen LogP contribution in [0, 0.1) is 0 Å². The summed E-state index contributed by atoms with van der Waals surface area (Å²) in [6.45, 7) is 2.68. The van der Waals surface area contributed by atoms with Gasteiger partial charge in [-0.25, -0.2) is 0 Å². The van der Waals surface area contributed by atoms with Crippen LogP contribution >= 0.6 is 22.6 Å². The standard InChI is InChI=1S/C4H9IO2/c1-2-7-4(5)3-6/h4,6H,2-3H2,1H3. The van der Waals surface area contributed by atoms with Gasteiger partial charge in [0.25, 0.3) is 0 Å². The molecule has 0 fully saturated rings. The Morgan fingerprint density at radius 2 is 2.43 bits per heavy atom. The second-order valence-corrected chi connectivity index (χ2v) is 2.44. The van der Waals surface area contributed by atoms with Gasteiger partial charge in [-0.3, -0.25) is 0 Å². The van der Waals surface area contributed by atoms with Crippen LogP contribution < -0.4 is 0 Å². The largest absolute Gasteiger partial charge is 0.393 e. The number of aliphatic hydroxyl groups excluding tert-OH is 1. The van der Waals surface area contributed by atoms with Gasteiger partial charge in [-0.05, 0) is 29.5 Å². The molecule has 0 aromatic heterocycles. The van der Waals surface area contributed by atoms with E-state index in [2.05, 4.69) is 0 Å². The highest BCUT2D eigenvalue weighted by Gasteiger charge is 1.95. The van der Waals surface area contributed by atoms with E-state index in [0.717, 1.165) is 0 Å². The first kappa shape index (κ1) is 7.65. The van der Waals surface area contributed by atoms with E-state index >= 15 is 0 Å². The monoisotopic (exact) mass is 216 g/mol. The minimum Gasteiger partial charge on any atom is -0.393 e. The molecule has 1 unspecified atom stereocenters. The first-order valence-corrected chi connectivity index (χ1v) is 3.42. The summed E-state index contributed by atoms with van der Waals surface area (Å²) in [5, 5.41) is 8.33. The molecule has 0 spiro atoms. The van der Waals surface area contributed by atoms with Crippen LogP contribution in [0.4, 0.5) is 0 Å². The summed E-state index contributed by atoms with van der Waals surface area (Å²) < 4.78 is 4.90. The van der Waals surface area contributed by atoms with Gasteiger partial charge in [-0.15, -0.1) is 0 Å². The molecule has 0 radical (unpaired) electrons. The third-order valence-corrected chi connectivity index (χ3v) is 1.24. The smallest absolute Gasteiger partial charge is 0.131 e. The molecule has 3 heteroatoms. The number of hydrogen-bond donors (Lipinski definition) is 1. The zero-order valence-corrected chi connectivity index (χ0v) is 6.38. The summed E-state index contributed by atoms with van der Waals surface area (Å²) in [6, 6.07) is 0. The molecule has 0 aromatic rings. The van der Waals surface area contributed by atoms with Crippen molar-refractivity contribution < 1.29 is 9.84 Å². The van der Waals surface area contributed by atoms with Gasteiger partial charge < -0.3 is 9.84 Å². The van der Waals surface area contributed by atoms with E-state index < -0.39 is 0 Å². The maximum Gasteiger partial charge on any atom is 0.131 e. The third kappa shape index (κ3) is 4.50. The summed E-state index contributed by atoms with van der Waals surface area (Å²) in [4.78, 5) is 0. The predicted molar refractivity (Wildman–Crippen MR) is 36.5 cm³/mol. The lowest BCUT2D eigenvalue weighted by atomic mass is 10.7. The molecule has 0 heterocycles. The second kappa shape index (κ2) is 4.80. The van der Waals surface area contributed by atoms with E-state index in [4.69, 9.17) is 9.84 Å². The van der Waals surface area contributed by atoms with Gasteiger partial charge in [0.15, 0.2) is 0 Å². The van der Waals surface area contributed by atoms with Gasteiger partial charge in [-0.2, -0.15) is 0 Å². The summed E-state index contributed by atoms with van der Waals surface area (Å²) >= 11 is 2.03. The predicted octanol–water partition coefficient (Wildman–Crippen LogP) is 0.776. The van der Waals surface area contributed by atoms with Crippen molar-refractivity contribution >= 4 is 22.6 Å². The van der Waals surface area contributed by atoms with Crippen molar-refractivity contribution in [1.82, 2.24) is 0 Å². The summed E-state index contributed by atoms with van der Waals surface area (Å²) in [6.07, 6.45) is 0. The number of hydrogen-bond acceptors (Lipinski definition) is 2. The quantitative estimate of drug-likeness (QED) is 0.557. The van der Waals surface area contributed by atoms with Gasteiger partial charge in [0.2, 0.25) is 0 Å². The molecule has 0 amide bonds. The highest BCUT2D eigenvalue weighted by Crippen LogP contribution is 1.98. The van der Waals surface area contributed by atoms with Crippen LogP contribution in [-0.2, 0) is 4.74 Å². The molecule has 0 bridgehead atoms. The maximum absolute atomic E-state index is 8.33. The zero-order valence-electron chi connectivity index (χ0n) is 4.22. The molecule has 0 saturated heterocycles. The van der Waals surface area contributed by atoms with Crippen molar-refractivity contribution in [3.8, 4) is 0 Å². The average Bonchev–Trinajstić information content (AvgIpc) is 1.68. The topological polar surface area (TPSA) is 29.5 Å². The lowest BCUT2D eigenvalue weighted by Crippen LogP contribution is -2.07. The Balaban J connectivity index is 2.83. The van der Waals surface area contributed by atoms with Crippen molar-refractivity contribution in [2.24, 2.45) is 0 Å². The minimum absolute atomic E-state index is 0.0254. The molecule has 44 valence electrons. The summed E-state index contributed by atoms with van der Waals surface area (Å²) in [5.74, 6) is 0. The molecule has 0 aromatic carbocycles. The Bertz CT molecular complexity index is 40.7. The van der Waals surface area contributed by atoms with Crippen molar-refractivity contribution in [1.29, 1.82) is 0 Å². The maximum atomic E-state index is 8.33. The Kier molecular flexibility index (Phi) is 5.25. The molecule has 0 rings (SSSR count). The summed E-state index contributed by atoms with van der Waals surface area (Å²) in [7, 11) is 0. The zero-order chi connectivity index (χ0) is 5.70. The molecular weight excluding hydrogens is 207 g/mol. The van der Waals surface area contributed by atoms with E-state index in [1.807, 2.05) is 29.5 Å². The van der Waals surface area contributed by atoms with E-state index in [9.17, 15) is 0 Å². The molecule has 7 heavy (non-hydrogen) atoms. The molecule has 1 atom stereocenters. The van der Waals surface area contributed by atoms with E-state index in [0.29, 0.717) is 6.61 Å². The van der Waals surface area contributed by atoms with Gasteiger partial charge in [0.1, 0.15) is 4.11 Å². The molecule has 0 saturated carbocycles. The average molecular weight is 216 g/mol. The number of halogens is 1. The van der Waals surface area contributed by atoms with Crippen LogP contribution in [0.1, 0.15) is 6.92 Å². The number of aliphatic hydroxyl groups is 1. The molecule has 0 aliphatic rings. The Morgan fingerprint density at radius 1 is 1.86 bits per heavy atom. The van der Waals surface area contributed by atoms with E-state index in [1.54, 1.807) is 0 Å².